The molecule has 0 heterocycles. The molecule has 0 aromatic rings. The number of ether oxygens (including phenoxy) is 1. The highest BCUT2D eigenvalue weighted by atomic mass is 16.5. The highest BCUT2D eigenvalue weighted by Gasteiger charge is 2.59. The molecule has 4 aliphatic carbocycles. The summed E-state index contributed by atoms with van der Waals surface area (Å²) in [7, 11) is 0. The van der Waals surface area contributed by atoms with Gasteiger partial charge in [-0.1, -0.05) is 33.3 Å². The van der Waals surface area contributed by atoms with Crippen molar-refractivity contribution in [2.45, 2.75) is 98.0 Å². The maximum absolute atomic E-state index is 12.4. The summed E-state index contributed by atoms with van der Waals surface area (Å²) in [5.41, 5.74) is 1.81. The van der Waals surface area contributed by atoms with Gasteiger partial charge in [0.15, 0.2) is 5.78 Å². The van der Waals surface area contributed by atoms with E-state index in [9.17, 15) is 9.59 Å². The molecule has 0 bridgehead atoms. The minimum absolute atomic E-state index is 0.00863. The van der Waals surface area contributed by atoms with Crippen LogP contribution in [-0.2, 0) is 14.3 Å². The molecule has 6 atom stereocenters. The topological polar surface area (TPSA) is 43.4 Å². The van der Waals surface area contributed by atoms with Crippen LogP contribution in [0.1, 0.15) is 91.9 Å². The van der Waals surface area contributed by atoms with Crippen molar-refractivity contribution in [1.29, 1.82) is 0 Å². The van der Waals surface area contributed by atoms with E-state index in [1.807, 2.05) is 6.08 Å². The SMILES string of the molecule is CC(C)CCC(=O)O[C@@H]1CCC2C3CCC4=CC(=O)CC[C@@]4(C)C3CC[C@]21C. The first kappa shape index (κ1) is 20.2. The van der Waals surface area contributed by atoms with Crippen LogP contribution >= 0.6 is 0 Å². The quantitative estimate of drug-likeness (QED) is 0.568. The van der Waals surface area contributed by atoms with E-state index < -0.39 is 0 Å². The van der Waals surface area contributed by atoms with E-state index in [4.69, 9.17) is 4.74 Å². The minimum atomic E-state index is 0.00863. The molecule has 156 valence electrons. The van der Waals surface area contributed by atoms with Crippen LogP contribution < -0.4 is 0 Å². The molecule has 3 unspecified atom stereocenters. The summed E-state index contributed by atoms with van der Waals surface area (Å²) in [4.78, 5) is 24.4. The van der Waals surface area contributed by atoms with Crippen LogP contribution in [-0.4, -0.2) is 17.9 Å². The fourth-order valence-corrected chi connectivity index (χ4v) is 7.33. The van der Waals surface area contributed by atoms with Crippen molar-refractivity contribution in [1.82, 2.24) is 0 Å². The van der Waals surface area contributed by atoms with Gasteiger partial charge in [-0.15, -0.1) is 0 Å². The molecule has 0 aromatic heterocycles. The van der Waals surface area contributed by atoms with Crippen LogP contribution in [0.4, 0.5) is 0 Å². The monoisotopic (exact) mass is 386 g/mol. The summed E-state index contributed by atoms with van der Waals surface area (Å²) in [5.74, 6) is 2.99. The molecule has 3 nitrogen and oxygen atoms in total. The lowest BCUT2D eigenvalue weighted by molar-refractivity contribution is -0.160. The number of hydrogen-bond acceptors (Lipinski definition) is 3. The van der Waals surface area contributed by atoms with Gasteiger partial charge in [-0.3, -0.25) is 9.59 Å². The van der Waals surface area contributed by atoms with Gasteiger partial charge in [-0.2, -0.15) is 0 Å². The average molecular weight is 387 g/mol. The number of rotatable bonds is 4. The van der Waals surface area contributed by atoms with Gasteiger partial charge in [-0.05, 0) is 86.5 Å². The van der Waals surface area contributed by atoms with Gasteiger partial charge in [0.25, 0.3) is 0 Å². The lowest BCUT2D eigenvalue weighted by atomic mass is 9.47. The van der Waals surface area contributed by atoms with Gasteiger partial charge in [0.05, 0.1) is 0 Å². The first-order chi connectivity index (χ1) is 13.2. The Hall–Kier alpha value is -1.12. The smallest absolute Gasteiger partial charge is 0.306 e. The van der Waals surface area contributed by atoms with Gasteiger partial charge < -0.3 is 4.74 Å². The Morgan fingerprint density at radius 3 is 2.64 bits per heavy atom. The number of hydrogen-bond donors (Lipinski definition) is 0. The number of esters is 1. The van der Waals surface area contributed by atoms with Crippen molar-refractivity contribution in [3.63, 3.8) is 0 Å². The number of allylic oxidation sites excluding steroid dienone is 1. The van der Waals surface area contributed by atoms with Crippen molar-refractivity contribution in [2.75, 3.05) is 0 Å². The second-order valence-electron chi connectivity index (χ2n) is 11.0. The zero-order chi connectivity index (χ0) is 20.1. The van der Waals surface area contributed by atoms with E-state index in [1.54, 1.807) is 0 Å². The van der Waals surface area contributed by atoms with E-state index in [1.165, 1.54) is 24.8 Å². The first-order valence-corrected chi connectivity index (χ1v) is 11.7. The summed E-state index contributed by atoms with van der Waals surface area (Å²) < 4.78 is 6.06. The fraction of sp³-hybridized carbons (Fsp3) is 0.840. The fourth-order valence-electron chi connectivity index (χ4n) is 7.33. The highest BCUT2D eigenvalue weighted by Crippen LogP contribution is 2.65. The van der Waals surface area contributed by atoms with Crippen LogP contribution in [0.15, 0.2) is 11.6 Å². The minimum Gasteiger partial charge on any atom is -0.462 e. The van der Waals surface area contributed by atoms with Crippen LogP contribution in [0.3, 0.4) is 0 Å². The Labute approximate surface area is 170 Å². The normalized spacial score (nSPS) is 42.5. The lowest BCUT2D eigenvalue weighted by Gasteiger charge is -2.57. The maximum atomic E-state index is 12.4. The van der Waals surface area contributed by atoms with Crippen molar-refractivity contribution < 1.29 is 14.3 Å². The molecule has 0 N–H and O–H groups in total. The number of fused-ring (bicyclic) bond motifs is 5. The second-order valence-corrected chi connectivity index (χ2v) is 11.0. The lowest BCUT2D eigenvalue weighted by Crippen LogP contribution is -2.51. The van der Waals surface area contributed by atoms with E-state index >= 15 is 0 Å². The van der Waals surface area contributed by atoms with Crippen LogP contribution in [0.25, 0.3) is 0 Å². The van der Waals surface area contributed by atoms with E-state index in [0.717, 1.165) is 44.4 Å². The summed E-state index contributed by atoms with van der Waals surface area (Å²) >= 11 is 0. The number of ketones is 1. The summed E-state index contributed by atoms with van der Waals surface area (Å²) in [6, 6.07) is 0. The standard InChI is InChI=1S/C25H38O3/c1-16(2)5-10-23(27)28-22-9-8-20-19-7-6-17-15-18(26)11-13-24(17,3)21(19)12-14-25(20,22)4/h15-16,19-22H,5-14H2,1-4H3/t19?,20?,21?,22-,24-,25-/m1/s1. The second kappa shape index (κ2) is 7.29. The predicted octanol–water partition coefficient (Wildman–Crippen LogP) is 5.87. The Morgan fingerprint density at radius 1 is 1.11 bits per heavy atom. The Bertz CT molecular complexity index is 677. The first-order valence-electron chi connectivity index (χ1n) is 11.7. The predicted molar refractivity (Wildman–Crippen MR) is 111 cm³/mol. The van der Waals surface area contributed by atoms with E-state index in [-0.39, 0.29) is 22.9 Å². The van der Waals surface area contributed by atoms with Gasteiger partial charge in [0.2, 0.25) is 0 Å². The molecule has 3 heteroatoms. The molecule has 3 fully saturated rings. The van der Waals surface area contributed by atoms with Crippen molar-refractivity contribution in [3.05, 3.63) is 11.6 Å². The average Bonchev–Trinajstić information content (AvgIpc) is 2.97. The van der Waals surface area contributed by atoms with Crippen molar-refractivity contribution in [3.8, 4) is 0 Å². The van der Waals surface area contributed by atoms with Crippen molar-refractivity contribution in [2.24, 2.45) is 34.5 Å². The maximum Gasteiger partial charge on any atom is 0.306 e. The highest BCUT2D eigenvalue weighted by molar-refractivity contribution is 5.91. The third kappa shape index (κ3) is 3.27. The zero-order valence-electron chi connectivity index (χ0n) is 18.3. The molecule has 0 saturated heterocycles. The summed E-state index contributed by atoms with van der Waals surface area (Å²) in [6.45, 7) is 9.15. The molecule has 0 aromatic carbocycles. The van der Waals surface area contributed by atoms with E-state index in [2.05, 4.69) is 27.7 Å². The van der Waals surface area contributed by atoms with Crippen LogP contribution in [0, 0.1) is 34.5 Å². The molecule has 4 aliphatic rings. The van der Waals surface area contributed by atoms with Crippen LogP contribution in [0.5, 0.6) is 0 Å². The molecule has 0 spiro atoms. The molecule has 3 saturated carbocycles. The number of carbonyl (C=O) groups excluding carboxylic acids is 2. The molecule has 4 rings (SSSR count). The molecule has 28 heavy (non-hydrogen) atoms. The van der Waals surface area contributed by atoms with E-state index in [0.29, 0.717) is 30.0 Å². The zero-order valence-corrected chi connectivity index (χ0v) is 18.3. The largest absolute Gasteiger partial charge is 0.462 e. The molecular weight excluding hydrogens is 348 g/mol. The van der Waals surface area contributed by atoms with Gasteiger partial charge >= 0.3 is 5.97 Å². The molecular formula is C25H38O3. The third-order valence-corrected chi connectivity index (χ3v) is 9.07. The summed E-state index contributed by atoms with van der Waals surface area (Å²) in [5, 5.41) is 0. The third-order valence-electron chi connectivity index (χ3n) is 9.07. The van der Waals surface area contributed by atoms with Gasteiger partial charge in [0, 0.05) is 18.3 Å². The van der Waals surface area contributed by atoms with Crippen molar-refractivity contribution >= 4 is 11.8 Å². The Balaban J connectivity index is 1.49. The molecule has 0 aliphatic heterocycles. The summed E-state index contributed by atoms with van der Waals surface area (Å²) in [6.07, 6.45) is 12.3. The van der Waals surface area contributed by atoms with Gasteiger partial charge in [0.1, 0.15) is 6.10 Å². The Kier molecular flexibility index (Phi) is 5.25. The molecule has 0 amide bonds. The number of carbonyl (C=O) groups is 2. The van der Waals surface area contributed by atoms with Crippen LogP contribution in [0.2, 0.25) is 0 Å². The molecule has 0 radical (unpaired) electrons. The Morgan fingerprint density at radius 2 is 1.89 bits per heavy atom. The van der Waals surface area contributed by atoms with Gasteiger partial charge in [-0.25, -0.2) is 0 Å².